The molecule has 0 aromatic heterocycles. The number of thioether (sulfide) groups is 1. The second kappa shape index (κ2) is 5.36. The molecule has 19 heavy (non-hydrogen) atoms. The molecule has 96 valence electrons. The van der Waals surface area contributed by atoms with Crippen molar-refractivity contribution in [3.63, 3.8) is 0 Å². The Hall–Kier alpha value is -1.30. The number of anilines is 1. The van der Waals surface area contributed by atoms with Gasteiger partial charge in [-0.1, -0.05) is 58.0 Å². The van der Waals surface area contributed by atoms with E-state index in [0.29, 0.717) is 0 Å². The minimum atomic E-state index is -0.180. The van der Waals surface area contributed by atoms with Crippen molar-refractivity contribution in [2.75, 3.05) is 5.01 Å². The summed E-state index contributed by atoms with van der Waals surface area (Å²) in [5, 5.41) is 7.41. The fraction of sp³-hybridized carbons (Fsp3) is 0.0714. The zero-order valence-electron chi connectivity index (χ0n) is 10.0. The Labute approximate surface area is 124 Å². The van der Waals surface area contributed by atoms with E-state index in [2.05, 4.69) is 21.0 Å². The van der Waals surface area contributed by atoms with E-state index in [1.165, 1.54) is 0 Å². The van der Waals surface area contributed by atoms with Crippen LogP contribution in [0.1, 0.15) is 5.56 Å². The fourth-order valence-corrected chi connectivity index (χ4v) is 3.02. The molecule has 0 amide bonds. The number of benzene rings is 2. The average molecular weight is 334 g/mol. The Morgan fingerprint density at radius 2 is 1.74 bits per heavy atom. The van der Waals surface area contributed by atoms with Gasteiger partial charge < -0.3 is 5.73 Å². The summed E-state index contributed by atoms with van der Waals surface area (Å²) in [4.78, 5) is 0. The monoisotopic (exact) mass is 333 g/mol. The van der Waals surface area contributed by atoms with Crippen molar-refractivity contribution >= 4 is 38.4 Å². The first-order chi connectivity index (χ1) is 9.24. The van der Waals surface area contributed by atoms with Crippen molar-refractivity contribution in [1.29, 1.82) is 0 Å². The molecular formula is C14H12BrN3S. The fourth-order valence-electron chi connectivity index (χ4n) is 1.85. The molecule has 2 N–H and O–H groups in total. The van der Waals surface area contributed by atoms with Crippen LogP contribution in [0, 0.1) is 0 Å². The third-order valence-electron chi connectivity index (χ3n) is 2.78. The molecule has 0 aliphatic carbocycles. The minimum absolute atomic E-state index is 0.180. The summed E-state index contributed by atoms with van der Waals surface area (Å²) in [7, 11) is 0. The number of nitrogens with zero attached hydrogens (tertiary/aromatic N) is 2. The van der Waals surface area contributed by atoms with E-state index in [-0.39, 0.29) is 5.50 Å². The number of para-hydroxylation sites is 1. The maximum Gasteiger partial charge on any atom is 0.152 e. The second-order valence-electron chi connectivity index (χ2n) is 4.10. The molecule has 0 fully saturated rings. The van der Waals surface area contributed by atoms with Gasteiger partial charge in [0.25, 0.3) is 0 Å². The molecule has 5 heteroatoms. The molecule has 1 aliphatic rings. The Kier molecular flexibility index (Phi) is 3.59. The summed E-state index contributed by atoms with van der Waals surface area (Å²) in [5.74, 6) is 0. The molecule has 1 aliphatic heterocycles. The van der Waals surface area contributed by atoms with E-state index in [0.717, 1.165) is 20.8 Å². The Bertz CT molecular complexity index is 598. The number of hydrogen-bond acceptors (Lipinski definition) is 4. The van der Waals surface area contributed by atoms with Crippen LogP contribution in [0.2, 0.25) is 0 Å². The van der Waals surface area contributed by atoms with E-state index >= 15 is 0 Å². The highest BCUT2D eigenvalue weighted by molar-refractivity contribution is 9.10. The Balaban J connectivity index is 1.91. The van der Waals surface area contributed by atoms with Crippen LogP contribution in [0.15, 0.2) is 64.2 Å². The number of hydrogen-bond donors (Lipinski definition) is 1. The summed E-state index contributed by atoms with van der Waals surface area (Å²) in [6, 6.07) is 18.1. The molecule has 2 aromatic rings. The van der Waals surface area contributed by atoms with Crippen LogP contribution in [-0.4, -0.2) is 10.5 Å². The highest BCUT2D eigenvalue weighted by atomic mass is 79.9. The van der Waals surface area contributed by atoms with Gasteiger partial charge >= 0.3 is 0 Å². The average Bonchev–Trinajstić information content (AvgIpc) is 2.83. The molecule has 0 bridgehead atoms. The van der Waals surface area contributed by atoms with E-state index < -0.39 is 0 Å². The SMILES string of the molecule is NC1SC(c2ccc(Br)cc2)=NN1c1ccccc1. The maximum absolute atomic E-state index is 6.13. The van der Waals surface area contributed by atoms with Crippen LogP contribution < -0.4 is 10.7 Å². The Morgan fingerprint density at radius 1 is 1.05 bits per heavy atom. The predicted octanol–water partition coefficient (Wildman–Crippen LogP) is 3.61. The van der Waals surface area contributed by atoms with Crippen molar-refractivity contribution in [2.24, 2.45) is 10.8 Å². The lowest BCUT2D eigenvalue weighted by Gasteiger charge is -2.18. The van der Waals surface area contributed by atoms with Crippen LogP contribution in [0.3, 0.4) is 0 Å². The first-order valence-corrected chi connectivity index (χ1v) is 7.52. The predicted molar refractivity (Wildman–Crippen MR) is 85.2 cm³/mol. The third kappa shape index (κ3) is 2.68. The van der Waals surface area contributed by atoms with Gasteiger partial charge in [-0.2, -0.15) is 5.10 Å². The third-order valence-corrected chi connectivity index (χ3v) is 4.29. The topological polar surface area (TPSA) is 41.6 Å². The number of nitrogens with two attached hydrogens (primary N) is 1. The van der Waals surface area contributed by atoms with Crippen molar-refractivity contribution < 1.29 is 0 Å². The van der Waals surface area contributed by atoms with E-state index in [1.807, 2.05) is 59.6 Å². The highest BCUT2D eigenvalue weighted by Crippen LogP contribution is 2.31. The van der Waals surface area contributed by atoms with Gasteiger partial charge in [0.05, 0.1) is 5.69 Å². The number of rotatable bonds is 2. The summed E-state index contributed by atoms with van der Waals surface area (Å²) >= 11 is 5.00. The molecule has 1 heterocycles. The highest BCUT2D eigenvalue weighted by Gasteiger charge is 2.25. The lowest BCUT2D eigenvalue weighted by molar-refractivity contribution is 0.833. The van der Waals surface area contributed by atoms with Gasteiger partial charge in [0.2, 0.25) is 0 Å². The standard InChI is InChI=1S/C14H12BrN3S/c15-11-8-6-10(7-9-11)13-17-18(14(16)19-13)12-4-2-1-3-5-12/h1-9,14H,16H2. The summed E-state index contributed by atoms with van der Waals surface area (Å²) in [5.41, 5.74) is 8.05. The minimum Gasteiger partial charge on any atom is -0.301 e. The number of halogens is 1. The molecular weight excluding hydrogens is 322 g/mol. The van der Waals surface area contributed by atoms with Crippen molar-refractivity contribution in [1.82, 2.24) is 0 Å². The number of hydrazone groups is 1. The maximum atomic E-state index is 6.13. The molecule has 0 saturated carbocycles. The van der Waals surface area contributed by atoms with Crippen LogP contribution in [0.4, 0.5) is 5.69 Å². The quantitative estimate of drug-likeness (QED) is 0.912. The Morgan fingerprint density at radius 3 is 2.42 bits per heavy atom. The first kappa shape index (κ1) is 12.7. The molecule has 0 radical (unpaired) electrons. The van der Waals surface area contributed by atoms with Crippen molar-refractivity contribution in [3.05, 3.63) is 64.6 Å². The smallest absolute Gasteiger partial charge is 0.152 e. The van der Waals surface area contributed by atoms with E-state index in [4.69, 9.17) is 5.73 Å². The zero-order valence-corrected chi connectivity index (χ0v) is 12.4. The summed E-state index contributed by atoms with van der Waals surface area (Å²) in [6.07, 6.45) is 0. The lowest BCUT2D eigenvalue weighted by atomic mass is 10.2. The molecule has 0 spiro atoms. The first-order valence-electron chi connectivity index (χ1n) is 5.85. The van der Waals surface area contributed by atoms with E-state index in [1.54, 1.807) is 11.8 Å². The van der Waals surface area contributed by atoms with Gasteiger partial charge in [-0.05, 0) is 24.3 Å². The van der Waals surface area contributed by atoms with Gasteiger partial charge in [0, 0.05) is 10.0 Å². The normalized spacial score (nSPS) is 18.5. The zero-order chi connectivity index (χ0) is 13.2. The molecule has 1 unspecified atom stereocenters. The van der Waals surface area contributed by atoms with Crippen LogP contribution in [0.5, 0.6) is 0 Å². The molecule has 2 aromatic carbocycles. The lowest BCUT2D eigenvalue weighted by Crippen LogP contribution is -2.31. The van der Waals surface area contributed by atoms with Crippen LogP contribution in [0.25, 0.3) is 0 Å². The van der Waals surface area contributed by atoms with Crippen LogP contribution in [-0.2, 0) is 0 Å². The molecule has 3 rings (SSSR count). The molecule has 3 nitrogen and oxygen atoms in total. The second-order valence-corrected chi connectivity index (χ2v) is 6.12. The van der Waals surface area contributed by atoms with Gasteiger partial charge in [0.15, 0.2) is 5.50 Å². The largest absolute Gasteiger partial charge is 0.301 e. The summed E-state index contributed by atoms with van der Waals surface area (Å²) < 4.78 is 1.06. The molecule has 1 atom stereocenters. The van der Waals surface area contributed by atoms with Gasteiger partial charge in [-0.3, -0.25) is 0 Å². The van der Waals surface area contributed by atoms with E-state index in [9.17, 15) is 0 Å². The van der Waals surface area contributed by atoms with Gasteiger partial charge in [0.1, 0.15) is 5.04 Å². The van der Waals surface area contributed by atoms with Crippen molar-refractivity contribution in [2.45, 2.75) is 5.50 Å². The van der Waals surface area contributed by atoms with Gasteiger partial charge in [-0.15, -0.1) is 0 Å². The molecule has 0 saturated heterocycles. The van der Waals surface area contributed by atoms with Crippen molar-refractivity contribution in [3.8, 4) is 0 Å². The summed E-state index contributed by atoms with van der Waals surface area (Å²) in [6.45, 7) is 0. The van der Waals surface area contributed by atoms with Crippen LogP contribution >= 0.6 is 27.7 Å². The van der Waals surface area contributed by atoms with Gasteiger partial charge in [-0.25, -0.2) is 5.01 Å².